The van der Waals surface area contributed by atoms with E-state index in [1.807, 2.05) is 26.2 Å². The molecule has 1 N–H and O–H groups in total. The van der Waals surface area contributed by atoms with Crippen LogP contribution >= 0.6 is 15.9 Å². The molecule has 0 radical (unpaired) electrons. The van der Waals surface area contributed by atoms with Crippen LogP contribution in [0.2, 0.25) is 0 Å². The van der Waals surface area contributed by atoms with Crippen molar-refractivity contribution in [2.45, 2.75) is 19.6 Å². The normalized spacial score (nSPS) is 12.4. The van der Waals surface area contributed by atoms with Crippen molar-refractivity contribution in [1.82, 2.24) is 20.1 Å². The van der Waals surface area contributed by atoms with Crippen molar-refractivity contribution in [1.29, 1.82) is 0 Å². The summed E-state index contributed by atoms with van der Waals surface area (Å²) >= 11 is 3.49. The first-order valence-corrected chi connectivity index (χ1v) is 6.83. The van der Waals surface area contributed by atoms with Crippen LogP contribution in [0.1, 0.15) is 24.4 Å². The molecule has 0 fully saturated rings. The summed E-state index contributed by atoms with van der Waals surface area (Å²) < 4.78 is 8.60. The summed E-state index contributed by atoms with van der Waals surface area (Å²) in [7, 11) is 3.78. The second kappa shape index (κ2) is 6.16. The molecule has 0 spiro atoms. The fourth-order valence-electron chi connectivity index (χ4n) is 1.74. The number of benzene rings is 1. The topological polar surface area (TPSA) is 52.0 Å². The summed E-state index contributed by atoms with van der Waals surface area (Å²) in [4.78, 5) is 4.15. The summed E-state index contributed by atoms with van der Waals surface area (Å²) in [6, 6.07) is 6.21. The van der Waals surface area contributed by atoms with Crippen LogP contribution < -0.4 is 10.1 Å². The van der Waals surface area contributed by atoms with Gasteiger partial charge in [0.1, 0.15) is 18.7 Å². The Bertz CT molecular complexity index is 555. The average Bonchev–Trinajstić information content (AvgIpc) is 2.82. The zero-order valence-corrected chi connectivity index (χ0v) is 12.8. The van der Waals surface area contributed by atoms with Gasteiger partial charge < -0.3 is 10.1 Å². The van der Waals surface area contributed by atoms with Crippen molar-refractivity contribution in [3.05, 3.63) is 40.4 Å². The average molecular weight is 325 g/mol. The van der Waals surface area contributed by atoms with Crippen molar-refractivity contribution in [3.63, 3.8) is 0 Å². The predicted octanol–water partition coefficient (Wildman–Crippen LogP) is 2.44. The molecule has 1 aromatic carbocycles. The highest BCUT2D eigenvalue weighted by atomic mass is 79.9. The van der Waals surface area contributed by atoms with E-state index in [4.69, 9.17) is 4.74 Å². The van der Waals surface area contributed by atoms with E-state index in [1.165, 1.54) is 6.33 Å². The van der Waals surface area contributed by atoms with Crippen LogP contribution in [0.3, 0.4) is 0 Å². The number of nitrogens with zero attached hydrogens (tertiary/aromatic N) is 3. The number of hydrogen-bond acceptors (Lipinski definition) is 4. The second-order valence-corrected chi connectivity index (χ2v) is 5.20. The van der Waals surface area contributed by atoms with Crippen molar-refractivity contribution in [2.75, 3.05) is 7.05 Å². The van der Waals surface area contributed by atoms with Gasteiger partial charge in [0.25, 0.3) is 0 Å². The molecule has 0 aliphatic carbocycles. The predicted molar refractivity (Wildman–Crippen MR) is 77.0 cm³/mol. The molecule has 0 aliphatic rings. The van der Waals surface area contributed by atoms with Gasteiger partial charge in [-0.05, 0) is 32.2 Å². The third-order valence-corrected chi connectivity index (χ3v) is 3.53. The third-order valence-electron chi connectivity index (χ3n) is 3.03. The lowest BCUT2D eigenvalue weighted by Crippen LogP contribution is -2.14. The molecule has 1 atom stereocenters. The minimum Gasteiger partial charge on any atom is -0.485 e. The maximum Gasteiger partial charge on any atom is 0.164 e. The van der Waals surface area contributed by atoms with Crippen molar-refractivity contribution < 1.29 is 4.74 Å². The first-order chi connectivity index (χ1) is 9.11. The molecule has 0 saturated heterocycles. The van der Waals surface area contributed by atoms with E-state index in [0.29, 0.717) is 6.61 Å². The Morgan fingerprint density at radius 1 is 1.47 bits per heavy atom. The van der Waals surface area contributed by atoms with Crippen LogP contribution in [-0.2, 0) is 13.7 Å². The number of aryl methyl sites for hydroxylation is 1. The van der Waals surface area contributed by atoms with Crippen molar-refractivity contribution in [3.8, 4) is 5.75 Å². The molecule has 6 heteroatoms. The first-order valence-electron chi connectivity index (χ1n) is 6.04. The van der Waals surface area contributed by atoms with Crippen LogP contribution in [-0.4, -0.2) is 21.8 Å². The Kier molecular flexibility index (Phi) is 4.55. The van der Waals surface area contributed by atoms with Crippen LogP contribution in [0, 0.1) is 0 Å². The minimum absolute atomic E-state index is 0.215. The molecule has 19 heavy (non-hydrogen) atoms. The monoisotopic (exact) mass is 324 g/mol. The molecule has 0 aliphatic heterocycles. The van der Waals surface area contributed by atoms with Gasteiger partial charge in [-0.1, -0.05) is 15.9 Å². The lowest BCUT2D eigenvalue weighted by molar-refractivity contribution is 0.284. The SMILES string of the molecule is CNC(C)c1cc(Br)ccc1OCc1ncnn1C. The highest BCUT2D eigenvalue weighted by molar-refractivity contribution is 9.10. The Morgan fingerprint density at radius 3 is 2.89 bits per heavy atom. The lowest BCUT2D eigenvalue weighted by atomic mass is 10.1. The molecule has 1 heterocycles. The molecule has 2 aromatic rings. The lowest BCUT2D eigenvalue weighted by Gasteiger charge is -2.16. The number of nitrogens with one attached hydrogen (secondary N) is 1. The van der Waals surface area contributed by atoms with E-state index in [-0.39, 0.29) is 6.04 Å². The van der Waals surface area contributed by atoms with Crippen LogP contribution in [0.5, 0.6) is 5.75 Å². The van der Waals surface area contributed by atoms with Gasteiger partial charge in [0.05, 0.1) is 0 Å². The number of rotatable bonds is 5. The van der Waals surface area contributed by atoms with Gasteiger partial charge >= 0.3 is 0 Å². The molecule has 1 unspecified atom stereocenters. The van der Waals surface area contributed by atoms with E-state index in [1.54, 1.807) is 4.68 Å². The van der Waals surface area contributed by atoms with Gasteiger partial charge in [-0.25, -0.2) is 4.98 Å². The maximum absolute atomic E-state index is 5.86. The highest BCUT2D eigenvalue weighted by Crippen LogP contribution is 2.28. The van der Waals surface area contributed by atoms with E-state index in [9.17, 15) is 0 Å². The fraction of sp³-hybridized carbons (Fsp3) is 0.385. The molecule has 0 amide bonds. The Hall–Kier alpha value is -1.40. The fourth-order valence-corrected chi connectivity index (χ4v) is 2.12. The molecular weight excluding hydrogens is 308 g/mol. The molecule has 2 rings (SSSR count). The number of hydrogen-bond donors (Lipinski definition) is 1. The van der Waals surface area contributed by atoms with Gasteiger partial charge in [0.2, 0.25) is 0 Å². The van der Waals surface area contributed by atoms with E-state index >= 15 is 0 Å². The molecule has 0 bridgehead atoms. The Labute approximate surface area is 121 Å². The smallest absolute Gasteiger partial charge is 0.164 e. The quantitative estimate of drug-likeness (QED) is 0.917. The Balaban J connectivity index is 2.18. The zero-order chi connectivity index (χ0) is 13.8. The van der Waals surface area contributed by atoms with Crippen LogP contribution in [0.4, 0.5) is 0 Å². The van der Waals surface area contributed by atoms with Crippen LogP contribution in [0.15, 0.2) is 29.0 Å². The largest absolute Gasteiger partial charge is 0.485 e. The van der Waals surface area contributed by atoms with Crippen LogP contribution in [0.25, 0.3) is 0 Å². The number of ether oxygens (including phenoxy) is 1. The zero-order valence-electron chi connectivity index (χ0n) is 11.2. The van der Waals surface area contributed by atoms with E-state index < -0.39 is 0 Å². The summed E-state index contributed by atoms with van der Waals surface area (Å²) in [6.45, 7) is 2.50. The Morgan fingerprint density at radius 2 is 2.26 bits per heavy atom. The summed E-state index contributed by atoms with van der Waals surface area (Å²) in [5.41, 5.74) is 1.11. The van der Waals surface area contributed by atoms with Crippen molar-refractivity contribution >= 4 is 15.9 Å². The van der Waals surface area contributed by atoms with Gasteiger partial charge in [-0.15, -0.1) is 0 Å². The van der Waals surface area contributed by atoms with Gasteiger partial charge in [0, 0.05) is 23.1 Å². The first kappa shape index (κ1) is 14.0. The minimum atomic E-state index is 0.215. The summed E-state index contributed by atoms with van der Waals surface area (Å²) in [6.07, 6.45) is 1.53. The number of aromatic nitrogens is 3. The highest BCUT2D eigenvalue weighted by Gasteiger charge is 2.12. The summed E-state index contributed by atoms with van der Waals surface area (Å²) in [5.74, 6) is 1.65. The second-order valence-electron chi connectivity index (χ2n) is 4.28. The standard InChI is InChI=1S/C13H17BrN4O/c1-9(15-2)11-6-10(14)4-5-12(11)19-7-13-16-8-17-18(13)3/h4-6,8-9,15H,7H2,1-3H3. The van der Waals surface area contributed by atoms with E-state index in [0.717, 1.165) is 21.6 Å². The molecule has 102 valence electrons. The third kappa shape index (κ3) is 3.33. The number of halogens is 1. The molecule has 1 aromatic heterocycles. The molecular formula is C13H17BrN4O. The summed E-state index contributed by atoms with van der Waals surface area (Å²) in [5, 5.41) is 7.24. The van der Waals surface area contributed by atoms with Crippen molar-refractivity contribution in [2.24, 2.45) is 7.05 Å². The maximum atomic E-state index is 5.86. The molecule has 0 saturated carbocycles. The van der Waals surface area contributed by atoms with Gasteiger partial charge in [0.15, 0.2) is 5.82 Å². The van der Waals surface area contributed by atoms with E-state index in [2.05, 4.69) is 44.3 Å². The van der Waals surface area contributed by atoms with Gasteiger partial charge in [-0.2, -0.15) is 5.10 Å². The molecule has 5 nitrogen and oxygen atoms in total. The van der Waals surface area contributed by atoms with Gasteiger partial charge in [-0.3, -0.25) is 4.68 Å².